The number of carbonyl (C=O) groups excluding carboxylic acids is 1. The topological polar surface area (TPSA) is 47.6 Å². The Morgan fingerprint density at radius 2 is 1.88 bits per heavy atom. The van der Waals surface area contributed by atoms with Crippen LogP contribution in [0.4, 0.5) is 0 Å². The smallest absolute Gasteiger partial charge is 0.322 e. The third kappa shape index (κ3) is 6.08. The molecule has 1 N–H and O–H groups in total. The summed E-state index contributed by atoms with van der Waals surface area (Å²) in [4.78, 5) is 11.2. The van der Waals surface area contributed by atoms with Crippen molar-refractivity contribution in [1.29, 1.82) is 0 Å². The van der Waals surface area contributed by atoms with Gasteiger partial charge >= 0.3 is 5.97 Å². The van der Waals surface area contributed by atoms with E-state index in [2.05, 4.69) is 30.8 Å². The van der Waals surface area contributed by atoms with Crippen molar-refractivity contribution in [1.82, 2.24) is 5.32 Å². The van der Waals surface area contributed by atoms with Crippen LogP contribution in [0.15, 0.2) is 0 Å². The first-order valence-corrected chi connectivity index (χ1v) is 5.68. The van der Waals surface area contributed by atoms with Crippen molar-refractivity contribution in [2.75, 3.05) is 20.8 Å². The maximum atomic E-state index is 11.2. The molecular weight excluding hydrogens is 206 g/mol. The van der Waals surface area contributed by atoms with E-state index in [1.807, 2.05) is 0 Å². The van der Waals surface area contributed by atoms with Crippen LogP contribution in [0.1, 0.15) is 34.1 Å². The first kappa shape index (κ1) is 15.4. The van der Waals surface area contributed by atoms with Crippen LogP contribution >= 0.6 is 0 Å². The average molecular weight is 231 g/mol. The summed E-state index contributed by atoms with van der Waals surface area (Å²) in [5.74, 6) is 0.222. The first-order valence-electron chi connectivity index (χ1n) is 5.68. The van der Waals surface area contributed by atoms with Crippen LogP contribution in [0.2, 0.25) is 0 Å². The van der Waals surface area contributed by atoms with Gasteiger partial charge in [-0.1, -0.05) is 6.92 Å². The van der Waals surface area contributed by atoms with Gasteiger partial charge in [-0.25, -0.2) is 0 Å². The number of rotatable bonds is 7. The Morgan fingerprint density at radius 3 is 2.31 bits per heavy atom. The zero-order valence-electron chi connectivity index (χ0n) is 11.3. The highest BCUT2D eigenvalue weighted by Gasteiger charge is 2.21. The van der Waals surface area contributed by atoms with Crippen molar-refractivity contribution in [3.05, 3.63) is 0 Å². The van der Waals surface area contributed by atoms with E-state index in [1.54, 1.807) is 14.0 Å². The molecule has 0 saturated carbocycles. The fraction of sp³-hybridized carbons (Fsp3) is 0.917. The molecule has 0 aliphatic carbocycles. The summed E-state index contributed by atoms with van der Waals surface area (Å²) in [6.45, 7) is 8.85. The van der Waals surface area contributed by atoms with E-state index >= 15 is 0 Å². The van der Waals surface area contributed by atoms with Crippen LogP contribution in [-0.4, -0.2) is 38.4 Å². The lowest BCUT2D eigenvalue weighted by molar-refractivity contribution is -0.142. The fourth-order valence-electron chi connectivity index (χ4n) is 1.63. The van der Waals surface area contributed by atoms with E-state index < -0.39 is 0 Å². The van der Waals surface area contributed by atoms with Crippen molar-refractivity contribution in [2.24, 2.45) is 5.92 Å². The Bertz CT molecular complexity index is 216. The molecule has 16 heavy (non-hydrogen) atoms. The number of carbonyl (C=O) groups is 1. The maximum absolute atomic E-state index is 11.2. The van der Waals surface area contributed by atoms with Crippen LogP contribution in [0.25, 0.3) is 0 Å². The summed E-state index contributed by atoms with van der Waals surface area (Å²) in [6.07, 6.45) is 0.949. The Hall–Kier alpha value is -0.610. The Kier molecular flexibility index (Phi) is 6.60. The molecule has 0 amide bonds. The summed E-state index contributed by atoms with van der Waals surface area (Å²) in [7, 11) is 3.12. The number of nitrogens with one attached hydrogen (secondary N) is 1. The van der Waals surface area contributed by atoms with Crippen LogP contribution in [0.3, 0.4) is 0 Å². The van der Waals surface area contributed by atoms with Crippen molar-refractivity contribution in [2.45, 2.75) is 45.8 Å². The van der Waals surface area contributed by atoms with E-state index in [0.29, 0.717) is 5.92 Å². The minimum absolute atomic E-state index is 0.115. The van der Waals surface area contributed by atoms with Crippen LogP contribution in [-0.2, 0) is 14.3 Å². The number of hydrogen-bond acceptors (Lipinski definition) is 4. The quantitative estimate of drug-likeness (QED) is 0.676. The predicted molar refractivity (Wildman–Crippen MR) is 64.3 cm³/mol. The van der Waals surface area contributed by atoms with Gasteiger partial charge in [0.15, 0.2) is 0 Å². The van der Waals surface area contributed by atoms with Gasteiger partial charge in [0.05, 0.1) is 12.7 Å². The Labute approximate surface area is 98.7 Å². The standard InChI is InChI=1S/C12H25NO3/c1-9(7-12(3,4)16-6)8-13-10(2)11(14)15-5/h9-10,13H,7-8H2,1-6H3. The van der Waals surface area contributed by atoms with Crippen molar-refractivity contribution < 1.29 is 14.3 Å². The van der Waals surface area contributed by atoms with Crippen molar-refractivity contribution >= 4 is 5.97 Å². The number of esters is 1. The van der Waals surface area contributed by atoms with Crippen LogP contribution < -0.4 is 5.32 Å². The monoisotopic (exact) mass is 231 g/mol. The van der Waals surface area contributed by atoms with Gasteiger partial charge in [-0.05, 0) is 39.7 Å². The summed E-state index contributed by atoms with van der Waals surface area (Å²) in [5, 5.41) is 3.15. The number of ether oxygens (including phenoxy) is 2. The molecule has 96 valence electrons. The highest BCUT2D eigenvalue weighted by molar-refractivity contribution is 5.75. The highest BCUT2D eigenvalue weighted by atomic mass is 16.5. The number of hydrogen-bond donors (Lipinski definition) is 1. The molecule has 0 saturated heterocycles. The van der Waals surface area contributed by atoms with Gasteiger partial charge in [-0.3, -0.25) is 4.79 Å². The molecule has 0 aromatic carbocycles. The molecule has 4 nitrogen and oxygen atoms in total. The maximum Gasteiger partial charge on any atom is 0.322 e. The zero-order valence-corrected chi connectivity index (χ0v) is 11.3. The van der Waals surface area contributed by atoms with Gasteiger partial charge < -0.3 is 14.8 Å². The fourth-order valence-corrected chi connectivity index (χ4v) is 1.63. The van der Waals surface area contributed by atoms with E-state index in [1.165, 1.54) is 7.11 Å². The van der Waals surface area contributed by atoms with Gasteiger partial charge in [0.25, 0.3) is 0 Å². The van der Waals surface area contributed by atoms with E-state index in [-0.39, 0.29) is 17.6 Å². The van der Waals surface area contributed by atoms with Gasteiger partial charge in [0, 0.05) is 7.11 Å². The molecule has 0 heterocycles. The summed E-state index contributed by atoms with van der Waals surface area (Å²) >= 11 is 0. The van der Waals surface area contributed by atoms with Gasteiger partial charge in [-0.15, -0.1) is 0 Å². The third-order valence-electron chi connectivity index (χ3n) is 2.72. The van der Waals surface area contributed by atoms with Gasteiger partial charge in [0.2, 0.25) is 0 Å². The largest absolute Gasteiger partial charge is 0.468 e. The zero-order chi connectivity index (χ0) is 12.8. The second-order valence-electron chi connectivity index (χ2n) is 4.93. The SMILES string of the molecule is COC(=O)C(C)NCC(C)CC(C)(C)OC. The lowest BCUT2D eigenvalue weighted by Gasteiger charge is -2.27. The molecule has 0 spiro atoms. The van der Waals surface area contributed by atoms with Crippen molar-refractivity contribution in [3.63, 3.8) is 0 Å². The molecular formula is C12H25NO3. The second-order valence-corrected chi connectivity index (χ2v) is 4.93. The summed E-state index contributed by atoms with van der Waals surface area (Å²) in [5.41, 5.74) is -0.115. The lowest BCUT2D eigenvalue weighted by atomic mass is 9.94. The summed E-state index contributed by atoms with van der Waals surface area (Å²) < 4.78 is 10.0. The molecule has 0 radical (unpaired) electrons. The third-order valence-corrected chi connectivity index (χ3v) is 2.72. The molecule has 0 fully saturated rings. The Balaban J connectivity index is 3.90. The Morgan fingerprint density at radius 1 is 1.31 bits per heavy atom. The van der Waals surface area contributed by atoms with Crippen LogP contribution in [0.5, 0.6) is 0 Å². The first-order chi connectivity index (χ1) is 7.32. The van der Waals surface area contributed by atoms with E-state index in [0.717, 1.165) is 13.0 Å². The molecule has 2 atom stereocenters. The average Bonchev–Trinajstić information content (AvgIpc) is 2.24. The molecule has 0 bridgehead atoms. The molecule has 2 unspecified atom stereocenters. The van der Waals surface area contributed by atoms with E-state index in [4.69, 9.17) is 4.74 Å². The van der Waals surface area contributed by atoms with Crippen LogP contribution in [0, 0.1) is 5.92 Å². The molecule has 0 aromatic rings. The second kappa shape index (κ2) is 6.86. The van der Waals surface area contributed by atoms with Gasteiger partial charge in [0.1, 0.15) is 6.04 Å². The summed E-state index contributed by atoms with van der Waals surface area (Å²) in [6, 6.07) is -0.252. The van der Waals surface area contributed by atoms with E-state index in [9.17, 15) is 4.79 Å². The minimum atomic E-state index is -0.252. The number of methoxy groups -OCH3 is 2. The minimum Gasteiger partial charge on any atom is -0.468 e. The molecule has 0 aliphatic heterocycles. The van der Waals surface area contributed by atoms with Gasteiger partial charge in [-0.2, -0.15) is 0 Å². The lowest BCUT2D eigenvalue weighted by Crippen LogP contribution is -2.39. The highest BCUT2D eigenvalue weighted by Crippen LogP contribution is 2.18. The molecule has 4 heteroatoms. The molecule has 0 rings (SSSR count). The predicted octanol–water partition coefficient (Wildman–Crippen LogP) is 1.59. The van der Waals surface area contributed by atoms with Crippen molar-refractivity contribution in [3.8, 4) is 0 Å². The normalized spacial score (nSPS) is 15.6. The molecule has 0 aromatic heterocycles. The molecule has 0 aliphatic rings.